The SMILES string of the molecule is COc1cccc(CC(=O)NC2CCCC2Br)c1. The minimum atomic E-state index is 0.0830. The Morgan fingerprint density at radius 1 is 1.50 bits per heavy atom. The maximum Gasteiger partial charge on any atom is 0.224 e. The first-order chi connectivity index (χ1) is 8.69. The van der Waals surface area contributed by atoms with Crippen LogP contribution in [0.15, 0.2) is 24.3 Å². The summed E-state index contributed by atoms with van der Waals surface area (Å²) in [6.45, 7) is 0. The molecule has 1 saturated carbocycles. The molecule has 0 bridgehead atoms. The predicted octanol–water partition coefficient (Wildman–Crippen LogP) is 2.67. The minimum Gasteiger partial charge on any atom is -0.497 e. The molecule has 2 rings (SSSR count). The molecule has 1 aliphatic rings. The van der Waals surface area contributed by atoms with Crippen molar-refractivity contribution in [2.45, 2.75) is 36.6 Å². The van der Waals surface area contributed by atoms with Crippen LogP contribution in [0.4, 0.5) is 0 Å². The number of carbonyl (C=O) groups excluding carboxylic acids is 1. The van der Waals surface area contributed by atoms with Crippen LogP contribution in [0.25, 0.3) is 0 Å². The molecule has 18 heavy (non-hydrogen) atoms. The third-order valence-corrected chi connectivity index (χ3v) is 4.37. The second-order valence-corrected chi connectivity index (χ2v) is 5.83. The summed E-state index contributed by atoms with van der Waals surface area (Å²) < 4.78 is 5.15. The van der Waals surface area contributed by atoms with Crippen molar-refractivity contribution in [1.29, 1.82) is 0 Å². The molecular formula is C14H18BrNO2. The van der Waals surface area contributed by atoms with E-state index in [-0.39, 0.29) is 11.9 Å². The van der Waals surface area contributed by atoms with Crippen molar-refractivity contribution in [3.63, 3.8) is 0 Å². The molecule has 4 heteroatoms. The Hall–Kier alpha value is -1.03. The van der Waals surface area contributed by atoms with Gasteiger partial charge in [-0.3, -0.25) is 4.79 Å². The van der Waals surface area contributed by atoms with Gasteiger partial charge in [0.05, 0.1) is 13.5 Å². The molecule has 1 N–H and O–H groups in total. The third kappa shape index (κ3) is 3.48. The molecule has 2 atom stereocenters. The molecule has 1 fully saturated rings. The van der Waals surface area contributed by atoms with Crippen LogP contribution in [-0.4, -0.2) is 23.9 Å². The molecule has 0 saturated heterocycles. The Morgan fingerprint density at radius 3 is 3.00 bits per heavy atom. The number of amides is 1. The van der Waals surface area contributed by atoms with Gasteiger partial charge >= 0.3 is 0 Å². The lowest BCUT2D eigenvalue weighted by atomic mass is 10.1. The quantitative estimate of drug-likeness (QED) is 0.868. The van der Waals surface area contributed by atoms with Crippen molar-refractivity contribution in [3.8, 4) is 5.75 Å². The largest absolute Gasteiger partial charge is 0.497 e. The summed E-state index contributed by atoms with van der Waals surface area (Å²) in [5.41, 5.74) is 0.982. The molecule has 1 aromatic rings. The maximum atomic E-state index is 11.9. The lowest BCUT2D eigenvalue weighted by Crippen LogP contribution is -2.38. The van der Waals surface area contributed by atoms with Crippen LogP contribution >= 0.6 is 15.9 Å². The Bertz CT molecular complexity index is 422. The van der Waals surface area contributed by atoms with Gasteiger partial charge in [-0.1, -0.05) is 34.5 Å². The minimum absolute atomic E-state index is 0.0830. The van der Waals surface area contributed by atoms with E-state index in [0.29, 0.717) is 11.2 Å². The first-order valence-corrected chi connectivity index (χ1v) is 7.17. The van der Waals surface area contributed by atoms with Crippen LogP contribution in [0.3, 0.4) is 0 Å². The van der Waals surface area contributed by atoms with E-state index in [1.54, 1.807) is 7.11 Å². The van der Waals surface area contributed by atoms with Crippen molar-refractivity contribution in [2.75, 3.05) is 7.11 Å². The van der Waals surface area contributed by atoms with Gasteiger partial charge < -0.3 is 10.1 Å². The zero-order valence-corrected chi connectivity index (χ0v) is 12.1. The molecule has 0 aliphatic heterocycles. The molecule has 0 heterocycles. The number of carbonyl (C=O) groups is 1. The standard InChI is InChI=1S/C14H18BrNO2/c1-18-11-5-2-4-10(8-11)9-14(17)16-13-7-3-6-12(13)15/h2,4-5,8,12-13H,3,6-7,9H2,1H3,(H,16,17). The van der Waals surface area contributed by atoms with Crippen LogP contribution in [0.5, 0.6) is 5.75 Å². The molecule has 3 nitrogen and oxygen atoms in total. The van der Waals surface area contributed by atoms with Crippen molar-refractivity contribution in [1.82, 2.24) is 5.32 Å². The fourth-order valence-corrected chi connectivity index (χ4v) is 3.02. The van der Waals surface area contributed by atoms with Crippen molar-refractivity contribution in [3.05, 3.63) is 29.8 Å². The van der Waals surface area contributed by atoms with E-state index in [4.69, 9.17) is 4.74 Å². The van der Waals surface area contributed by atoms with E-state index in [0.717, 1.165) is 24.2 Å². The van der Waals surface area contributed by atoms with Gasteiger partial charge in [-0.15, -0.1) is 0 Å². The molecule has 2 unspecified atom stereocenters. The number of nitrogens with one attached hydrogen (secondary N) is 1. The number of ether oxygens (including phenoxy) is 1. The first-order valence-electron chi connectivity index (χ1n) is 6.25. The summed E-state index contributed by atoms with van der Waals surface area (Å²) in [5, 5.41) is 3.09. The highest BCUT2D eigenvalue weighted by Crippen LogP contribution is 2.25. The number of benzene rings is 1. The highest BCUT2D eigenvalue weighted by atomic mass is 79.9. The zero-order valence-electron chi connectivity index (χ0n) is 10.5. The van der Waals surface area contributed by atoms with Crippen molar-refractivity contribution >= 4 is 21.8 Å². The number of rotatable bonds is 4. The van der Waals surface area contributed by atoms with Crippen LogP contribution in [-0.2, 0) is 11.2 Å². The summed E-state index contributed by atoms with van der Waals surface area (Å²) in [5.74, 6) is 0.874. The highest BCUT2D eigenvalue weighted by molar-refractivity contribution is 9.09. The summed E-state index contributed by atoms with van der Waals surface area (Å²) in [4.78, 5) is 12.4. The summed E-state index contributed by atoms with van der Waals surface area (Å²) >= 11 is 3.61. The fourth-order valence-electron chi connectivity index (χ4n) is 2.30. The van der Waals surface area contributed by atoms with E-state index < -0.39 is 0 Å². The van der Waals surface area contributed by atoms with Crippen LogP contribution < -0.4 is 10.1 Å². The van der Waals surface area contributed by atoms with Gasteiger partial charge in [-0.2, -0.15) is 0 Å². The second-order valence-electron chi connectivity index (χ2n) is 4.65. The first kappa shape index (κ1) is 13.4. The number of halogens is 1. The van der Waals surface area contributed by atoms with Gasteiger partial charge in [0.25, 0.3) is 0 Å². The Labute approximate surface area is 116 Å². The zero-order chi connectivity index (χ0) is 13.0. The van der Waals surface area contributed by atoms with E-state index >= 15 is 0 Å². The lowest BCUT2D eigenvalue weighted by Gasteiger charge is -2.16. The van der Waals surface area contributed by atoms with Crippen molar-refractivity contribution in [2.24, 2.45) is 0 Å². The molecule has 0 radical (unpaired) electrons. The van der Waals surface area contributed by atoms with Crippen LogP contribution in [0.1, 0.15) is 24.8 Å². The predicted molar refractivity (Wildman–Crippen MR) is 75.2 cm³/mol. The van der Waals surface area contributed by atoms with Gasteiger partial charge in [0.1, 0.15) is 5.75 Å². The fraction of sp³-hybridized carbons (Fsp3) is 0.500. The Kier molecular flexibility index (Phi) is 4.64. The maximum absolute atomic E-state index is 11.9. The van der Waals surface area contributed by atoms with E-state index in [2.05, 4.69) is 21.2 Å². The topological polar surface area (TPSA) is 38.3 Å². The molecular weight excluding hydrogens is 294 g/mol. The number of alkyl halides is 1. The average Bonchev–Trinajstić information content (AvgIpc) is 2.75. The normalized spacial score (nSPS) is 22.8. The van der Waals surface area contributed by atoms with Crippen LogP contribution in [0.2, 0.25) is 0 Å². The Morgan fingerprint density at radius 2 is 2.33 bits per heavy atom. The van der Waals surface area contributed by atoms with E-state index in [9.17, 15) is 4.79 Å². The van der Waals surface area contributed by atoms with Gasteiger partial charge in [-0.05, 0) is 30.5 Å². The van der Waals surface area contributed by atoms with E-state index in [1.807, 2.05) is 24.3 Å². The summed E-state index contributed by atoms with van der Waals surface area (Å²) in [6.07, 6.45) is 3.80. The summed E-state index contributed by atoms with van der Waals surface area (Å²) in [6, 6.07) is 7.92. The highest BCUT2D eigenvalue weighted by Gasteiger charge is 2.25. The van der Waals surface area contributed by atoms with Crippen LogP contribution in [0, 0.1) is 0 Å². The molecule has 0 aromatic heterocycles. The number of methoxy groups -OCH3 is 1. The molecule has 1 aliphatic carbocycles. The van der Waals surface area contributed by atoms with Gasteiger partial charge in [0.15, 0.2) is 0 Å². The molecule has 0 spiro atoms. The third-order valence-electron chi connectivity index (χ3n) is 3.28. The average molecular weight is 312 g/mol. The summed E-state index contributed by atoms with van der Waals surface area (Å²) in [7, 11) is 1.63. The van der Waals surface area contributed by atoms with Crippen molar-refractivity contribution < 1.29 is 9.53 Å². The lowest BCUT2D eigenvalue weighted by molar-refractivity contribution is -0.121. The van der Waals surface area contributed by atoms with Gasteiger partial charge in [-0.25, -0.2) is 0 Å². The molecule has 1 aromatic carbocycles. The molecule has 1 amide bonds. The van der Waals surface area contributed by atoms with E-state index in [1.165, 1.54) is 6.42 Å². The van der Waals surface area contributed by atoms with Gasteiger partial charge in [0, 0.05) is 10.9 Å². The Balaban J connectivity index is 1.90. The monoisotopic (exact) mass is 311 g/mol. The number of hydrogen-bond acceptors (Lipinski definition) is 2. The molecule has 98 valence electrons. The van der Waals surface area contributed by atoms with Gasteiger partial charge in [0.2, 0.25) is 5.91 Å². The smallest absolute Gasteiger partial charge is 0.224 e. The number of hydrogen-bond donors (Lipinski definition) is 1. The second kappa shape index (κ2) is 6.23.